The minimum Gasteiger partial charge on any atom is -0.378 e. The van der Waals surface area contributed by atoms with Crippen LogP contribution >= 0.6 is 11.3 Å². The molecule has 13 nitrogen and oxygen atoms in total. The summed E-state index contributed by atoms with van der Waals surface area (Å²) < 4.78 is 27.3. The van der Waals surface area contributed by atoms with Gasteiger partial charge in [-0.2, -0.15) is 0 Å². The summed E-state index contributed by atoms with van der Waals surface area (Å²) in [7, 11) is 0. The molecule has 0 spiro atoms. The predicted molar refractivity (Wildman–Crippen MR) is 149 cm³/mol. The van der Waals surface area contributed by atoms with Crippen molar-refractivity contribution in [2.75, 3.05) is 116 Å². The lowest BCUT2D eigenvalue weighted by molar-refractivity contribution is -0.0118. The molecule has 1 saturated heterocycles. The lowest BCUT2D eigenvalue weighted by atomic mass is 10.3. The average Bonchev–Trinajstić information content (AvgIpc) is 3.40. The van der Waals surface area contributed by atoms with Gasteiger partial charge in [0, 0.05) is 45.3 Å². The molecule has 218 valence electrons. The van der Waals surface area contributed by atoms with Gasteiger partial charge in [-0.25, -0.2) is 15.0 Å². The second kappa shape index (κ2) is 18.9. The number of thiazole rings is 1. The van der Waals surface area contributed by atoms with Gasteiger partial charge in [-0.3, -0.25) is 9.69 Å². The highest BCUT2D eigenvalue weighted by molar-refractivity contribution is 7.17. The second-order valence-electron chi connectivity index (χ2n) is 8.65. The Morgan fingerprint density at radius 1 is 0.897 bits per heavy atom. The SMILES string of the molecule is Cc1nc(Nc2ncc(C=O)s2)cc(N2CCN(CCOCCOCCOCCOCCOCCN)CC2)n1. The van der Waals surface area contributed by atoms with Crippen LogP contribution in [0, 0.1) is 6.92 Å². The van der Waals surface area contributed by atoms with Crippen molar-refractivity contribution >= 4 is 34.4 Å². The van der Waals surface area contributed by atoms with Crippen LogP contribution in [0.25, 0.3) is 0 Å². The third kappa shape index (κ3) is 12.6. The van der Waals surface area contributed by atoms with Gasteiger partial charge in [0.05, 0.1) is 77.1 Å². The fourth-order valence-electron chi connectivity index (χ4n) is 3.75. The predicted octanol–water partition coefficient (Wildman–Crippen LogP) is 0.961. The first kappa shape index (κ1) is 31.2. The average molecular weight is 568 g/mol. The number of aromatic nitrogens is 3. The van der Waals surface area contributed by atoms with E-state index in [-0.39, 0.29) is 0 Å². The number of nitrogens with one attached hydrogen (secondary N) is 1. The summed E-state index contributed by atoms with van der Waals surface area (Å²) in [4.78, 5) is 29.4. The number of piperazine rings is 1. The molecular weight excluding hydrogens is 526 g/mol. The van der Waals surface area contributed by atoms with Crippen LogP contribution in [0.5, 0.6) is 0 Å². The third-order valence-electron chi connectivity index (χ3n) is 5.70. The van der Waals surface area contributed by atoms with Crippen LogP contribution in [-0.2, 0) is 23.7 Å². The van der Waals surface area contributed by atoms with Crippen LogP contribution in [0.2, 0.25) is 0 Å². The number of rotatable bonds is 21. The van der Waals surface area contributed by atoms with E-state index in [0.717, 1.165) is 44.8 Å². The molecule has 2 aromatic rings. The number of nitrogens with two attached hydrogens (primary N) is 1. The standard InChI is InChI=1S/C25H41N7O6S/c1-21-28-23(30-25-27-19-22(20-33)39-25)18-24(29-21)32-5-3-31(4-6-32)7-9-35-11-13-37-15-17-38-16-14-36-12-10-34-8-2-26/h18-20H,2-17,26H2,1H3,(H,27,28,29,30). The molecule has 39 heavy (non-hydrogen) atoms. The molecule has 0 aliphatic carbocycles. The smallest absolute Gasteiger partial charge is 0.188 e. The molecule has 0 aromatic carbocycles. The van der Waals surface area contributed by atoms with E-state index in [1.165, 1.54) is 11.3 Å². The molecule has 0 atom stereocenters. The van der Waals surface area contributed by atoms with Crippen LogP contribution < -0.4 is 16.0 Å². The van der Waals surface area contributed by atoms with Crippen LogP contribution in [0.4, 0.5) is 16.8 Å². The minimum atomic E-state index is 0.527. The molecule has 14 heteroatoms. The first-order valence-corrected chi connectivity index (χ1v) is 14.1. The molecule has 0 saturated carbocycles. The van der Waals surface area contributed by atoms with E-state index in [9.17, 15) is 4.79 Å². The zero-order valence-corrected chi connectivity index (χ0v) is 23.5. The Hall–Kier alpha value is -2.30. The second-order valence-corrected chi connectivity index (χ2v) is 9.71. The normalized spacial score (nSPS) is 14.2. The zero-order valence-electron chi connectivity index (χ0n) is 22.7. The third-order valence-corrected chi connectivity index (χ3v) is 6.54. The minimum absolute atomic E-state index is 0.527. The van der Waals surface area contributed by atoms with Crippen molar-refractivity contribution in [3.8, 4) is 0 Å². The fourth-order valence-corrected chi connectivity index (χ4v) is 4.38. The number of ether oxygens (including phenoxy) is 5. The van der Waals surface area contributed by atoms with E-state index >= 15 is 0 Å². The van der Waals surface area contributed by atoms with Gasteiger partial charge >= 0.3 is 0 Å². The highest BCUT2D eigenvalue weighted by Gasteiger charge is 2.19. The number of anilines is 3. The first-order valence-electron chi connectivity index (χ1n) is 13.3. The Labute approximate surface area is 233 Å². The lowest BCUT2D eigenvalue weighted by Crippen LogP contribution is -2.47. The Morgan fingerprint density at radius 3 is 2.05 bits per heavy atom. The number of hydrogen-bond acceptors (Lipinski definition) is 14. The lowest BCUT2D eigenvalue weighted by Gasteiger charge is -2.35. The van der Waals surface area contributed by atoms with E-state index < -0.39 is 0 Å². The van der Waals surface area contributed by atoms with Crippen molar-refractivity contribution in [3.05, 3.63) is 23.0 Å². The van der Waals surface area contributed by atoms with E-state index in [2.05, 4.69) is 30.1 Å². The van der Waals surface area contributed by atoms with Crippen molar-refractivity contribution in [1.29, 1.82) is 0 Å². The summed E-state index contributed by atoms with van der Waals surface area (Å²) in [6, 6.07) is 1.92. The Bertz CT molecular complexity index is 945. The quantitative estimate of drug-likeness (QED) is 0.163. The number of nitrogens with zero attached hydrogens (tertiary/aromatic N) is 5. The maximum atomic E-state index is 10.9. The molecular formula is C25H41N7O6S. The van der Waals surface area contributed by atoms with Crippen molar-refractivity contribution in [2.45, 2.75) is 6.92 Å². The Morgan fingerprint density at radius 2 is 1.49 bits per heavy atom. The zero-order chi connectivity index (χ0) is 27.5. The van der Waals surface area contributed by atoms with Gasteiger partial charge in [-0.05, 0) is 6.92 Å². The van der Waals surface area contributed by atoms with E-state index in [4.69, 9.17) is 29.4 Å². The van der Waals surface area contributed by atoms with Gasteiger partial charge in [-0.15, -0.1) is 0 Å². The van der Waals surface area contributed by atoms with Gasteiger partial charge < -0.3 is 39.6 Å². The topological polar surface area (TPSA) is 146 Å². The summed E-state index contributed by atoms with van der Waals surface area (Å²) in [5.74, 6) is 2.24. The summed E-state index contributed by atoms with van der Waals surface area (Å²) in [6.07, 6.45) is 2.34. The van der Waals surface area contributed by atoms with Gasteiger partial charge in [0.1, 0.15) is 17.5 Å². The van der Waals surface area contributed by atoms with Crippen molar-refractivity contribution in [1.82, 2.24) is 19.9 Å². The molecule has 1 aliphatic heterocycles. The summed E-state index contributed by atoms with van der Waals surface area (Å²) in [5, 5.41) is 3.81. The Kier molecular flexibility index (Phi) is 15.1. The van der Waals surface area contributed by atoms with Crippen molar-refractivity contribution in [3.63, 3.8) is 0 Å². The van der Waals surface area contributed by atoms with E-state index in [1.54, 1.807) is 6.20 Å². The number of aryl methyl sites for hydroxylation is 1. The number of hydrogen-bond donors (Lipinski definition) is 2. The number of aldehydes is 1. The molecule has 0 unspecified atom stereocenters. The van der Waals surface area contributed by atoms with Crippen LogP contribution in [-0.4, -0.2) is 131 Å². The molecule has 0 bridgehead atoms. The van der Waals surface area contributed by atoms with Crippen LogP contribution in [0.3, 0.4) is 0 Å². The monoisotopic (exact) mass is 567 g/mol. The molecule has 1 aliphatic rings. The van der Waals surface area contributed by atoms with Gasteiger partial charge in [-0.1, -0.05) is 11.3 Å². The maximum absolute atomic E-state index is 10.9. The fraction of sp³-hybridized carbons (Fsp3) is 0.680. The summed E-state index contributed by atoms with van der Waals surface area (Å²) >= 11 is 1.29. The van der Waals surface area contributed by atoms with Crippen molar-refractivity contribution in [2.24, 2.45) is 5.73 Å². The molecule has 0 radical (unpaired) electrons. The van der Waals surface area contributed by atoms with Crippen LogP contribution in [0.1, 0.15) is 15.5 Å². The largest absolute Gasteiger partial charge is 0.378 e. The number of carbonyl (C=O) groups is 1. The van der Waals surface area contributed by atoms with Gasteiger partial charge in [0.15, 0.2) is 11.4 Å². The molecule has 0 amide bonds. The molecule has 1 fully saturated rings. The van der Waals surface area contributed by atoms with Gasteiger partial charge in [0.2, 0.25) is 0 Å². The summed E-state index contributed by atoms with van der Waals surface area (Å²) in [5.41, 5.74) is 5.34. The molecule has 2 aromatic heterocycles. The Balaban J connectivity index is 1.18. The van der Waals surface area contributed by atoms with E-state index in [1.807, 2.05) is 13.0 Å². The maximum Gasteiger partial charge on any atom is 0.188 e. The van der Waals surface area contributed by atoms with Crippen LogP contribution in [0.15, 0.2) is 12.3 Å². The van der Waals surface area contributed by atoms with Crippen molar-refractivity contribution < 1.29 is 28.5 Å². The molecule has 3 N–H and O–H groups in total. The van der Waals surface area contributed by atoms with E-state index in [0.29, 0.717) is 94.3 Å². The molecule has 3 rings (SSSR count). The first-order chi connectivity index (χ1) is 19.2. The molecule has 3 heterocycles. The highest BCUT2D eigenvalue weighted by Crippen LogP contribution is 2.23. The van der Waals surface area contributed by atoms with Gasteiger partial charge in [0.25, 0.3) is 0 Å². The highest BCUT2D eigenvalue weighted by atomic mass is 32.1. The summed E-state index contributed by atoms with van der Waals surface area (Å²) in [6.45, 7) is 12.5. The number of carbonyl (C=O) groups excluding carboxylic acids is 1.